The molecular formula is C15H18FN3O3. The van der Waals surface area contributed by atoms with Gasteiger partial charge in [-0.3, -0.25) is 0 Å². The van der Waals surface area contributed by atoms with Crippen molar-refractivity contribution in [3.8, 4) is 0 Å². The Bertz CT molecular complexity index is 608. The Morgan fingerprint density at radius 3 is 2.91 bits per heavy atom. The number of nitrogens with zero attached hydrogens (tertiary/aromatic N) is 2. The molecule has 0 spiro atoms. The molecule has 118 valence electrons. The van der Waals surface area contributed by atoms with E-state index < -0.39 is 12.0 Å². The van der Waals surface area contributed by atoms with Gasteiger partial charge in [-0.25, -0.2) is 14.0 Å². The van der Waals surface area contributed by atoms with E-state index in [2.05, 4.69) is 5.32 Å². The van der Waals surface area contributed by atoms with Gasteiger partial charge in [-0.2, -0.15) is 0 Å². The van der Waals surface area contributed by atoms with E-state index in [1.807, 2.05) is 6.07 Å². The molecule has 1 aromatic carbocycles. The minimum atomic E-state index is -0.639. The van der Waals surface area contributed by atoms with Gasteiger partial charge in [-0.1, -0.05) is 12.1 Å². The number of esters is 1. The predicted octanol–water partition coefficient (Wildman–Crippen LogP) is 0.708. The number of carbonyl (C=O) groups excluding carboxylic acids is 2. The second-order valence-electron chi connectivity index (χ2n) is 5.45. The summed E-state index contributed by atoms with van der Waals surface area (Å²) >= 11 is 0. The molecule has 3 rings (SSSR count). The normalized spacial score (nSPS) is 20.7. The topological polar surface area (TPSA) is 61.9 Å². The molecule has 2 amide bonds. The molecule has 22 heavy (non-hydrogen) atoms. The highest BCUT2D eigenvalue weighted by atomic mass is 19.1. The minimum Gasteiger partial charge on any atom is -0.467 e. The molecule has 1 saturated heterocycles. The average Bonchev–Trinajstić information content (AvgIpc) is 2.99. The zero-order valence-corrected chi connectivity index (χ0v) is 12.3. The van der Waals surface area contributed by atoms with E-state index >= 15 is 0 Å². The molecular weight excluding hydrogens is 289 g/mol. The number of nitrogens with one attached hydrogen (secondary N) is 1. The van der Waals surface area contributed by atoms with Gasteiger partial charge in [-0.15, -0.1) is 0 Å². The van der Waals surface area contributed by atoms with Crippen LogP contribution in [0.25, 0.3) is 0 Å². The number of benzene rings is 1. The highest BCUT2D eigenvalue weighted by Crippen LogP contribution is 2.26. The largest absolute Gasteiger partial charge is 0.467 e. The van der Waals surface area contributed by atoms with Gasteiger partial charge >= 0.3 is 12.0 Å². The molecule has 1 fully saturated rings. The quantitative estimate of drug-likeness (QED) is 0.776. The van der Waals surface area contributed by atoms with Crippen LogP contribution in [0.1, 0.15) is 11.1 Å². The van der Waals surface area contributed by atoms with E-state index in [0.29, 0.717) is 31.7 Å². The van der Waals surface area contributed by atoms with E-state index in [4.69, 9.17) is 4.74 Å². The molecule has 6 nitrogen and oxygen atoms in total. The van der Waals surface area contributed by atoms with E-state index in [-0.39, 0.29) is 18.4 Å². The van der Waals surface area contributed by atoms with Gasteiger partial charge in [0, 0.05) is 31.7 Å². The van der Waals surface area contributed by atoms with Crippen LogP contribution in [0.15, 0.2) is 18.2 Å². The Morgan fingerprint density at radius 1 is 1.36 bits per heavy atom. The van der Waals surface area contributed by atoms with Crippen LogP contribution in [0.2, 0.25) is 0 Å². The first-order valence-electron chi connectivity index (χ1n) is 7.22. The van der Waals surface area contributed by atoms with Crippen LogP contribution in [0.4, 0.5) is 9.18 Å². The third-order valence-electron chi connectivity index (χ3n) is 4.16. The Morgan fingerprint density at radius 2 is 2.18 bits per heavy atom. The summed E-state index contributed by atoms with van der Waals surface area (Å²) in [6.45, 7) is 2.01. The minimum absolute atomic E-state index is 0.235. The van der Waals surface area contributed by atoms with Gasteiger partial charge in [-0.05, 0) is 11.6 Å². The van der Waals surface area contributed by atoms with Crippen LogP contribution in [-0.2, 0) is 22.6 Å². The summed E-state index contributed by atoms with van der Waals surface area (Å²) in [4.78, 5) is 27.6. The molecule has 0 saturated carbocycles. The number of urea groups is 1. The number of amides is 2. The molecule has 0 radical (unpaired) electrons. The number of halogens is 1. The lowest BCUT2D eigenvalue weighted by Gasteiger charge is -2.36. The van der Waals surface area contributed by atoms with E-state index in [1.165, 1.54) is 18.1 Å². The maximum atomic E-state index is 13.8. The third-order valence-corrected chi connectivity index (χ3v) is 4.16. The van der Waals surface area contributed by atoms with Crippen molar-refractivity contribution in [2.75, 3.05) is 26.7 Å². The Balaban J connectivity index is 1.77. The highest BCUT2D eigenvalue weighted by Gasteiger charge is 2.37. The molecule has 2 heterocycles. The fourth-order valence-electron chi connectivity index (χ4n) is 2.98. The molecule has 2 aliphatic rings. The molecule has 7 heteroatoms. The summed E-state index contributed by atoms with van der Waals surface area (Å²) in [7, 11) is 1.31. The molecule has 0 unspecified atom stereocenters. The van der Waals surface area contributed by atoms with Crippen LogP contribution >= 0.6 is 0 Å². The van der Waals surface area contributed by atoms with E-state index in [1.54, 1.807) is 11.0 Å². The van der Waals surface area contributed by atoms with Crippen LogP contribution in [0.5, 0.6) is 0 Å². The SMILES string of the molecule is COC(=O)[C@H]1CNCCN1C(=O)N1Cc2cccc(F)c2C1. The molecule has 0 aliphatic carbocycles. The first-order chi connectivity index (χ1) is 10.6. The number of fused-ring (bicyclic) bond motifs is 1. The lowest BCUT2D eigenvalue weighted by Crippen LogP contribution is -2.59. The Kier molecular flexibility index (Phi) is 3.98. The lowest BCUT2D eigenvalue weighted by molar-refractivity contribution is -0.146. The summed E-state index contributed by atoms with van der Waals surface area (Å²) in [6.07, 6.45) is 0. The molecule has 0 bridgehead atoms. The van der Waals surface area contributed by atoms with Gasteiger partial charge < -0.3 is 19.9 Å². The summed E-state index contributed by atoms with van der Waals surface area (Å²) in [6, 6.07) is 3.97. The summed E-state index contributed by atoms with van der Waals surface area (Å²) in [5.74, 6) is -0.735. The molecule has 1 aromatic rings. The van der Waals surface area contributed by atoms with Crippen molar-refractivity contribution in [2.45, 2.75) is 19.1 Å². The van der Waals surface area contributed by atoms with Crippen LogP contribution in [-0.4, -0.2) is 54.6 Å². The first-order valence-corrected chi connectivity index (χ1v) is 7.22. The molecule has 1 atom stereocenters. The number of hydrogen-bond acceptors (Lipinski definition) is 4. The zero-order chi connectivity index (χ0) is 15.7. The number of ether oxygens (including phenoxy) is 1. The van der Waals surface area contributed by atoms with Crippen LogP contribution in [0, 0.1) is 5.82 Å². The molecule has 2 aliphatic heterocycles. The maximum Gasteiger partial charge on any atom is 0.329 e. The molecule has 1 N–H and O–H groups in total. The smallest absolute Gasteiger partial charge is 0.329 e. The first kappa shape index (κ1) is 14.8. The van der Waals surface area contributed by atoms with Crippen molar-refractivity contribution in [3.63, 3.8) is 0 Å². The van der Waals surface area contributed by atoms with Gasteiger partial charge in [0.25, 0.3) is 0 Å². The standard InChI is InChI=1S/C15H18FN3O3/c1-22-14(20)13-7-17-5-6-19(13)15(21)18-8-10-3-2-4-12(16)11(10)9-18/h2-4,13,17H,5-9H2,1H3/t13-/m1/s1. The van der Waals surface area contributed by atoms with Crippen LogP contribution < -0.4 is 5.32 Å². The summed E-state index contributed by atoms with van der Waals surface area (Å²) in [5, 5.41) is 3.08. The number of piperazine rings is 1. The van der Waals surface area contributed by atoms with E-state index in [9.17, 15) is 14.0 Å². The van der Waals surface area contributed by atoms with Crippen molar-refractivity contribution in [2.24, 2.45) is 0 Å². The number of hydrogen-bond donors (Lipinski definition) is 1. The summed E-state index contributed by atoms with van der Waals surface area (Å²) in [5.41, 5.74) is 1.37. The fourth-order valence-corrected chi connectivity index (χ4v) is 2.98. The average molecular weight is 307 g/mol. The van der Waals surface area contributed by atoms with Gasteiger partial charge in [0.1, 0.15) is 11.9 Å². The predicted molar refractivity (Wildman–Crippen MR) is 76.4 cm³/mol. The number of carbonyl (C=O) groups is 2. The summed E-state index contributed by atoms with van der Waals surface area (Å²) < 4.78 is 18.6. The Labute approximate surface area is 127 Å². The molecule has 0 aromatic heterocycles. The number of methoxy groups -OCH3 is 1. The highest BCUT2D eigenvalue weighted by molar-refractivity contribution is 5.84. The van der Waals surface area contributed by atoms with Gasteiger partial charge in [0.2, 0.25) is 0 Å². The maximum absolute atomic E-state index is 13.8. The number of rotatable bonds is 1. The fraction of sp³-hybridized carbons (Fsp3) is 0.467. The van der Waals surface area contributed by atoms with Crippen LogP contribution in [0.3, 0.4) is 0 Å². The van der Waals surface area contributed by atoms with Crippen molar-refractivity contribution >= 4 is 12.0 Å². The van der Waals surface area contributed by atoms with Crippen molar-refractivity contribution in [1.82, 2.24) is 15.1 Å². The third kappa shape index (κ3) is 2.52. The van der Waals surface area contributed by atoms with Crippen molar-refractivity contribution in [3.05, 3.63) is 35.1 Å². The zero-order valence-electron chi connectivity index (χ0n) is 12.3. The van der Waals surface area contributed by atoms with Crippen molar-refractivity contribution in [1.29, 1.82) is 0 Å². The van der Waals surface area contributed by atoms with Gasteiger partial charge in [0.05, 0.1) is 13.7 Å². The van der Waals surface area contributed by atoms with Gasteiger partial charge in [0.15, 0.2) is 0 Å². The monoisotopic (exact) mass is 307 g/mol. The van der Waals surface area contributed by atoms with Crippen molar-refractivity contribution < 1.29 is 18.7 Å². The Hall–Kier alpha value is -2.15. The van der Waals surface area contributed by atoms with E-state index in [0.717, 1.165) is 5.56 Å². The second-order valence-corrected chi connectivity index (χ2v) is 5.45. The second kappa shape index (κ2) is 5.92. The lowest BCUT2D eigenvalue weighted by atomic mass is 10.1.